The van der Waals surface area contributed by atoms with Gasteiger partial charge in [-0.2, -0.15) is 5.26 Å². The van der Waals surface area contributed by atoms with E-state index >= 15 is 0 Å². The molecule has 138 valence electrons. The van der Waals surface area contributed by atoms with Gasteiger partial charge in [-0.25, -0.2) is 0 Å². The topological polar surface area (TPSA) is 42.2 Å². The standard InChI is InChI=1S/C24H25NO2/c1-17-8-7-11-21(24(2,3)4)23(17)27-15-14-26-22-13-12-18-9-5-6-10-19(18)20(22)16-25/h5-13H,14-15H2,1-4H3. The lowest BCUT2D eigenvalue weighted by molar-refractivity contribution is 0.213. The van der Waals surface area contributed by atoms with Crippen LogP contribution in [-0.4, -0.2) is 13.2 Å². The van der Waals surface area contributed by atoms with Crippen LogP contribution in [0.4, 0.5) is 0 Å². The highest BCUT2D eigenvalue weighted by atomic mass is 16.5. The molecule has 0 spiro atoms. The molecule has 0 unspecified atom stereocenters. The second-order valence-electron chi connectivity index (χ2n) is 7.67. The Hall–Kier alpha value is -2.99. The van der Waals surface area contributed by atoms with E-state index in [4.69, 9.17) is 9.47 Å². The van der Waals surface area contributed by atoms with E-state index in [0.717, 1.165) is 22.1 Å². The van der Waals surface area contributed by atoms with Gasteiger partial charge in [-0.15, -0.1) is 0 Å². The third kappa shape index (κ3) is 4.06. The van der Waals surface area contributed by atoms with Gasteiger partial charge in [0, 0.05) is 5.39 Å². The molecule has 0 atom stereocenters. The third-order valence-corrected chi connectivity index (χ3v) is 4.61. The fraction of sp³-hybridized carbons (Fsp3) is 0.292. The van der Waals surface area contributed by atoms with Crippen LogP contribution in [0.15, 0.2) is 54.6 Å². The highest BCUT2D eigenvalue weighted by Gasteiger charge is 2.20. The van der Waals surface area contributed by atoms with Crippen LogP contribution in [0.2, 0.25) is 0 Å². The molecule has 0 radical (unpaired) electrons. The molecule has 27 heavy (non-hydrogen) atoms. The molecule has 3 nitrogen and oxygen atoms in total. The number of rotatable bonds is 5. The zero-order chi connectivity index (χ0) is 19.4. The molecule has 0 N–H and O–H groups in total. The van der Waals surface area contributed by atoms with Crippen LogP contribution in [0.5, 0.6) is 11.5 Å². The lowest BCUT2D eigenvalue weighted by Gasteiger charge is -2.24. The molecule has 0 fully saturated rings. The second kappa shape index (κ2) is 7.72. The summed E-state index contributed by atoms with van der Waals surface area (Å²) in [4.78, 5) is 0. The smallest absolute Gasteiger partial charge is 0.137 e. The summed E-state index contributed by atoms with van der Waals surface area (Å²) in [5.74, 6) is 1.52. The number of nitrogens with zero attached hydrogens (tertiary/aromatic N) is 1. The predicted molar refractivity (Wildman–Crippen MR) is 110 cm³/mol. The van der Waals surface area contributed by atoms with Gasteiger partial charge in [0.1, 0.15) is 36.3 Å². The van der Waals surface area contributed by atoms with Gasteiger partial charge in [-0.3, -0.25) is 0 Å². The average Bonchev–Trinajstić information content (AvgIpc) is 2.64. The van der Waals surface area contributed by atoms with Crippen LogP contribution in [-0.2, 0) is 5.41 Å². The first-order valence-electron chi connectivity index (χ1n) is 9.19. The van der Waals surface area contributed by atoms with Crippen molar-refractivity contribution in [1.82, 2.24) is 0 Å². The molecule has 0 amide bonds. The molecule has 3 aromatic carbocycles. The van der Waals surface area contributed by atoms with Crippen LogP contribution < -0.4 is 9.47 Å². The van der Waals surface area contributed by atoms with E-state index in [2.05, 4.69) is 52.0 Å². The van der Waals surface area contributed by atoms with Crippen LogP contribution in [0.25, 0.3) is 10.8 Å². The Balaban J connectivity index is 1.72. The average molecular weight is 359 g/mol. The van der Waals surface area contributed by atoms with Crippen LogP contribution >= 0.6 is 0 Å². The summed E-state index contributed by atoms with van der Waals surface area (Å²) in [5.41, 5.74) is 2.88. The van der Waals surface area contributed by atoms with E-state index in [1.165, 1.54) is 5.56 Å². The summed E-state index contributed by atoms with van der Waals surface area (Å²) in [5, 5.41) is 11.5. The Labute approximate surface area is 161 Å². The number of hydrogen-bond donors (Lipinski definition) is 0. The summed E-state index contributed by atoms with van der Waals surface area (Å²) in [6.07, 6.45) is 0. The maximum absolute atomic E-state index is 9.55. The maximum Gasteiger partial charge on any atom is 0.137 e. The van der Waals surface area contributed by atoms with Crippen LogP contribution in [0.3, 0.4) is 0 Å². The van der Waals surface area contributed by atoms with Gasteiger partial charge >= 0.3 is 0 Å². The second-order valence-corrected chi connectivity index (χ2v) is 7.67. The zero-order valence-corrected chi connectivity index (χ0v) is 16.4. The Kier molecular flexibility index (Phi) is 5.37. The number of para-hydroxylation sites is 1. The Morgan fingerprint density at radius 1 is 0.889 bits per heavy atom. The van der Waals surface area contributed by atoms with Crippen molar-refractivity contribution < 1.29 is 9.47 Å². The quantitative estimate of drug-likeness (QED) is 0.543. The first-order chi connectivity index (χ1) is 12.9. The van der Waals surface area contributed by atoms with E-state index < -0.39 is 0 Å². The van der Waals surface area contributed by atoms with Gasteiger partial charge in [0.15, 0.2) is 0 Å². The minimum absolute atomic E-state index is 0.00847. The molecule has 0 aliphatic heterocycles. The first kappa shape index (κ1) is 18.8. The molecular formula is C24H25NO2. The van der Waals surface area contributed by atoms with E-state index in [9.17, 15) is 5.26 Å². The number of hydrogen-bond acceptors (Lipinski definition) is 3. The Bertz CT molecular complexity index is 993. The van der Waals surface area contributed by atoms with Crippen molar-refractivity contribution in [3.63, 3.8) is 0 Å². The van der Waals surface area contributed by atoms with Crippen molar-refractivity contribution in [3.8, 4) is 17.6 Å². The highest BCUT2D eigenvalue weighted by Crippen LogP contribution is 2.34. The van der Waals surface area contributed by atoms with Crippen molar-refractivity contribution in [1.29, 1.82) is 5.26 Å². The molecule has 0 saturated carbocycles. The number of ether oxygens (including phenoxy) is 2. The molecular weight excluding hydrogens is 334 g/mol. The molecule has 0 saturated heterocycles. The lowest BCUT2D eigenvalue weighted by atomic mass is 9.85. The molecule has 0 heterocycles. The molecule has 0 bridgehead atoms. The summed E-state index contributed by atoms with van der Waals surface area (Å²) < 4.78 is 11.9. The summed E-state index contributed by atoms with van der Waals surface area (Å²) >= 11 is 0. The number of fused-ring (bicyclic) bond motifs is 1. The Morgan fingerprint density at radius 2 is 1.63 bits per heavy atom. The van der Waals surface area contributed by atoms with Gasteiger partial charge in [0.25, 0.3) is 0 Å². The fourth-order valence-corrected chi connectivity index (χ4v) is 3.22. The van der Waals surface area contributed by atoms with Crippen molar-refractivity contribution in [3.05, 3.63) is 71.3 Å². The zero-order valence-electron chi connectivity index (χ0n) is 16.4. The van der Waals surface area contributed by atoms with E-state index in [-0.39, 0.29) is 5.41 Å². The summed E-state index contributed by atoms with van der Waals surface area (Å²) in [7, 11) is 0. The number of aryl methyl sites for hydroxylation is 1. The SMILES string of the molecule is Cc1cccc(C(C)(C)C)c1OCCOc1ccc2ccccc2c1C#N. The van der Waals surface area contributed by atoms with Crippen LogP contribution in [0, 0.1) is 18.3 Å². The minimum atomic E-state index is 0.00847. The van der Waals surface area contributed by atoms with Crippen molar-refractivity contribution >= 4 is 10.8 Å². The van der Waals surface area contributed by atoms with Gasteiger partial charge in [0.2, 0.25) is 0 Å². The largest absolute Gasteiger partial charge is 0.489 e. The monoisotopic (exact) mass is 359 g/mol. The van der Waals surface area contributed by atoms with E-state index in [1.807, 2.05) is 36.4 Å². The van der Waals surface area contributed by atoms with E-state index in [0.29, 0.717) is 24.5 Å². The highest BCUT2D eigenvalue weighted by molar-refractivity contribution is 5.90. The molecule has 0 aliphatic carbocycles. The fourth-order valence-electron chi connectivity index (χ4n) is 3.22. The molecule has 3 rings (SSSR count). The van der Waals surface area contributed by atoms with Crippen molar-refractivity contribution in [2.45, 2.75) is 33.1 Å². The number of nitriles is 1. The number of benzene rings is 3. The van der Waals surface area contributed by atoms with E-state index in [1.54, 1.807) is 0 Å². The lowest BCUT2D eigenvalue weighted by Crippen LogP contribution is -2.16. The molecule has 0 aliphatic rings. The minimum Gasteiger partial charge on any atom is -0.489 e. The maximum atomic E-state index is 9.55. The van der Waals surface area contributed by atoms with Gasteiger partial charge in [-0.1, -0.05) is 69.3 Å². The predicted octanol–water partition coefficient (Wildman–Crippen LogP) is 5.78. The molecule has 3 aromatic rings. The third-order valence-electron chi connectivity index (χ3n) is 4.61. The molecule has 0 aromatic heterocycles. The summed E-state index contributed by atoms with van der Waals surface area (Å²) in [6.45, 7) is 9.40. The normalized spacial score (nSPS) is 11.2. The Morgan fingerprint density at radius 3 is 2.37 bits per heavy atom. The van der Waals surface area contributed by atoms with Gasteiger partial charge < -0.3 is 9.47 Å². The summed E-state index contributed by atoms with van der Waals surface area (Å²) in [6, 6.07) is 20.2. The first-order valence-corrected chi connectivity index (χ1v) is 9.19. The van der Waals surface area contributed by atoms with Crippen molar-refractivity contribution in [2.75, 3.05) is 13.2 Å². The van der Waals surface area contributed by atoms with Crippen molar-refractivity contribution in [2.24, 2.45) is 0 Å². The van der Waals surface area contributed by atoms with Gasteiger partial charge in [-0.05, 0) is 34.9 Å². The van der Waals surface area contributed by atoms with Crippen LogP contribution in [0.1, 0.15) is 37.5 Å². The van der Waals surface area contributed by atoms with Gasteiger partial charge in [0.05, 0.1) is 0 Å². The molecule has 3 heteroatoms.